The molecule has 6 heteroatoms. The highest BCUT2D eigenvalue weighted by molar-refractivity contribution is 5.96. The quantitative estimate of drug-likeness (QED) is 0.357. The molecule has 0 saturated heterocycles. The second kappa shape index (κ2) is 5.29. The molecular formula is C11H14FN3O2. The number of aryl methyl sites for hydroxylation is 1. The highest BCUT2D eigenvalue weighted by atomic mass is 19.1. The summed E-state index contributed by atoms with van der Waals surface area (Å²) in [6.07, 6.45) is 0. The van der Waals surface area contributed by atoms with Crippen LogP contribution in [-0.4, -0.2) is 35.4 Å². The zero-order valence-corrected chi connectivity index (χ0v) is 9.64. The van der Waals surface area contributed by atoms with E-state index in [0.29, 0.717) is 5.56 Å². The molecule has 0 aliphatic rings. The minimum atomic E-state index is -0.467. The summed E-state index contributed by atoms with van der Waals surface area (Å²) in [6.45, 7) is 1.67. The number of halogens is 1. The summed E-state index contributed by atoms with van der Waals surface area (Å²) in [4.78, 5) is 13.1. The van der Waals surface area contributed by atoms with Crippen LogP contribution in [0.25, 0.3) is 0 Å². The van der Waals surface area contributed by atoms with E-state index < -0.39 is 5.82 Å². The molecule has 92 valence electrons. The molecule has 1 aromatic carbocycles. The predicted octanol–water partition coefficient (Wildman–Crippen LogP) is 0.953. The van der Waals surface area contributed by atoms with Gasteiger partial charge in [0, 0.05) is 12.6 Å². The van der Waals surface area contributed by atoms with Gasteiger partial charge in [0.05, 0.1) is 6.54 Å². The Kier molecular flexibility index (Phi) is 4.03. The fraction of sp³-hybridized carbons (Fsp3) is 0.273. The third-order valence-corrected chi connectivity index (χ3v) is 2.16. The van der Waals surface area contributed by atoms with Crippen LogP contribution in [0.1, 0.15) is 15.9 Å². The zero-order chi connectivity index (χ0) is 13.0. The molecular weight excluding hydrogens is 225 g/mol. The number of amides is 1. The van der Waals surface area contributed by atoms with E-state index in [9.17, 15) is 9.18 Å². The highest BCUT2D eigenvalue weighted by Gasteiger charge is 2.14. The third-order valence-electron chi connectivity index (χ3n) is 2.16. The second-order valence-corrected chi connectivity index (χ2v) is 3.77. The number of nitrogens with two attached hydrogens (primary N) is 1. The van der Waals surface area contributed by atoms with Crippen LogP contribution in [0.15, 0.2) is 23.4 Å². The van der Waals surface area contributed by atoms with Crippen molar-refractivity contribution in [1.29, 1.82) is 0 Å². The van der Waals surface area contributed by atoms with Gasteiger partial charge in [-0.2, -0.15) is 0 Å². The Bertz CT molecular complexity index is 440. The van der Waals surface area contributed by atoms with Crippen LogP contribution >= 0.6 is 0 Å². The number of hydrogen-bond donors (Lipinski definition) is 2. The molecule has 0 aromatic heterocycles. The Morgan fingerprint density at radius 2 is 2.18 bits per heavy atom. The first kappa shape index (κ1) is 13.0. The number of benzene rings is 1. The van der Waals surface area contributed by atoms with Gasteiger partial charge in [-0.1, -0.05) is 5.16 Å². The van der Waals surface area contributed by atoms with Crippen molar-refractivity contribution in [3.05, 3.63) is 35.1 Å². The van der Waals surface area contributed by atoms with E-state index in [1.807, 2.05) is 0 Å². The first-order valence-electron chi connectivity index (χ1n) is 4.93. The van der Waals surface area contributed by atoms with E-state index in [2.05, 4.69) is 5.16 Å². The summed E-state index contributed by atoms with van der Waals surface area (Å²) in [7, 11) is 1.49. The maximum Gasteiger partial charge on any atom is 0.254 e. The number of nitrogens with zero attached hydrogens (tertiary/aromatic N) is 2. The standard InChI is InChI=1S/C11H14FN3O2/c1-7-3-8(5-9(12)4-7)11(16)15(2)6-10(13)14-17/h3-5,17H,6H2,1-2H3,(H2,13,14). The minimum absolute atomic E-state index is 0.0229. The molecule has 0 atom stereocenters. The van der Waals surface area contributed by atoms with Crippen LogP contribution in [0.5, 0.6) is 0 Å². The van der Waals surface area contributed by atoms with Crippen LogP contribution in [0.4, 0.5) is 4.39 Å². The van der Waals surface area contributed by atoms with Crippen molar-refractivity contribution in [2.75, 3.05) is 13.6 Å². The van der Waals surface area contributed by atoms with Gasteiger partial charge < -0.3 is 15.8 Å². The van der Waals surface area contributed by atoms with E-state index in [4.69, 9.17) is 10.9 Å². The number of carbonyl (C=O) groups excluding carboxylic acids is 1. The Balaban J connectivity index is 2.88. The monoisotopic (exact) mass is 239 g/mol. The Morgan fingerprint density at radius 1 is 1.53 bits per heavy atom. The van der Waals surface area contributed by atoms with Gasteiger partial charge in [0.2, 0.25) is 0 Å². The molecule has 0 fully saturated rings. The number of oxime groups is 1. The van der Waals surface area contributed by atoms with Gasteiger partial charge in [0.1, 0.15) is 5.82 Å². The van der Waals surface area contributed by atoms with E-state index >= 15 is 0 Å². The summed E-state index contributed by atoms with van der Waals surface area (Å²) in [5.74, 6) is -0.946. The van der Waals surface area contributed by atoms with Gasteiger partial charge in [0.15, 0.2) is 5.84 Å². The SMILES string of the molecule is Cc1cc(F)cc(C(=O)N(C)C/C(N)=N/O)c1. The lowest BCUT2D eigenvalue weighted by Gasteiger charge is -2.16. The molecule has 1 amide bonds. The van der Waals surface area contributed by atoms with Crippen LogP contribution < -0.4 is 5.73 Å². The van der Waals surface area contributed by atoms with Gasteiger partial charge >= 0.3 is 0 Å². The average Bonchev–Trinajstić information content (AvgIpc) is 2.26. The maximum atomic E-state index is 13.1. The minimum Gasteiger partial charge on any atom is -0.409 e. The summed E-state index contributed by atoms with van der Waals surface area (Å²) in [5, 5.41) is 11.2. The van der Waals surface area contributed by atoms with Crippen molar-refractivity contribution in [2.45, 2.75) is 6.92 Å². The van der Waals surface area contributed by atoms with Gasteiger partial charge in [-0.15, -0.1) is 0 Å². The largest absolute Gasteiger partial charge is 0.409 e. The summed E-state index contributed by atoms with van der Waals surface area (Å²) in [6, 6.07) is 4.06. The lowest BCUT2D eigenvalue weighted by atomic mass is 10.1. The first-order chi connectivity index (χ1) is 7.93. The number of likely N-dealkylation sites (N-methyl/N-ethyl adjacent to an activating group) is 1. The Morgan fingerprint density at radius 3 is 2.71 bits per heavy atom. The van der Waals surface area contributed by atoms with E-state index in [1.54, 1.807) is 13.0 Å². The predicted molar refractivity (Wildman–Crippen MR) is 61.5 cm³/mol. The van der Waals surface area contributed by atoms with Crippen molar-refractivity contribution in [3.8, 4) is 0 Å². The van der Waals surface area contributed by atoms with E-state index in [0.717, 1.165) is 6.07 Å². The molecule has 0 radical (unpaired) electrons. The lowest BCUT2D eigenvalue weighted by molar-refractivity contribution is 0.0813. The Hall–Kier alpha value is -2.11. The third kappa shape index (κ3) is 3.44. The number of hydrogen-bond acceptors (Lipinski definition) is 3. The van der Waals surface area contributed by atoms with Crippen molar-refractivity contribution >= 4 is 11.7 Å². The second-order valence-electron chi connectivity index (χ2n) is 3.77. The van der Waals surface area contributed by atoms with Gasteiger partial charge in [-0.05, 0) is 30.7 Å². The van der Waals surface area contributed by atoms with Crippen molar-refractivity contribution < 1.29 is 14.4 Å². The molecule has 0 aliphatic carbocycles. The van der Waals surface area contributed by atoms with Crippen LogP contribution in [0, 0.1) is 12.7 Å². The first-order valence-corrected chi connectivity index (χ1v) is 4.93. The van der Waals surface area contributed by atoms with Crippen molar-refractivity contribution in [3.63, 3.8) is 0 Å². The van der Waals surface area contributed by atoms with Gasteiger partial charge in [0.25, 0.3) is 5.91 Å². The summed E-state index contributed by atoms with van der Waals surface area (Å²) in [5.41, 5.74) is 6.17. The number of rotatable bonds is 3. The molecule has 0 heterocycles. The molecule has 0 unspecified atom stereocenters. The molecule has 1 aromatic rings. The molecule has 1 rings (SSSR count). The summed E-state index contributed by atoms with van der Waals surface area (Å²) >= 11 is 0. The fourth-order valence-corrected chi connectivity index (χ4v) is 1.43. The molecule has 0 bridgehead atoms. The van der Waals surface area contributed by atoms with Gasteiger partial charge in [-0.25, -0.2) is 4.39 Å². The molecule has 0 saturated carbocycles. The highest BCUT2D eigenvalue weighted by Crippen LogP contribution is 2.10. The van der Waals surface area contributed by atoms with Crippen molar-refractivity contribution in [2.24, 2.45) is 10.9 Å². The fourth-order valence-electron chi connectivity index (χ4n) is 1.43. The normalized spacial score (nSPS) is 11.4. The van der Waals surface area contributed by atoms with Crippen LogP contribution in [0.2, 0.25) is 0 Å². The zero-order valence-electron chi connectivity index (χ0n) is 9.64. The molecule has 0 aliphatic heterocycles. The maximum absolute atomic E-state index is 13.1. The van der Waals surface area contributed by atoms with Crippen LogP contribution in [-0.2, 0) is 0 Å². The number of amidine groups is 1. The van der Waals surface area contributed by atoms with E-state index in [-0.39, 0.29) is 23.9 Å². The summed E-state index contributed by atoms with van der Waals surface area (Å²) < 4.78 is 13.1. The van der Waals surface area contributed by atoms with Gasteiger partial charge in [-0.3, -0.25) is 4.79 Å². The van der Waals surface area contributed by atoms with E-state index in [1.165, 1.54) is 18.0 Å². The Labute approximate surface area is 98.3 Å². The lowest BCUT2D eigenvalue weighted by Crippen LogP contribution is -2.35. The molecule has 17 heavy (non-hydrogen) atoms. The topological polar surface area (TPSA) is 78.9 Å². The molecule has 3 N–H and O–H groups in total. The molecule has 0 spiro atoms. The number of carbonyl (C=O) groups is 1. The van der Waals surface area contributed by atoms with Crippen molar-refractivity contribution in [1.82, 2.24) is 4.90 Å². The smallest absolute Gasteiger partial charge is 0.254 e. The van der Waals surface area contributed by atoms with Crippen LogP contribution in [0.3, 0.4) is 0 Å². The average molecular weight is 239 g/mol. The molecule has 5 nitrogen and oxygen atoms in total.